The Morgan fingerprint density at radius 1 is 0.696 bits per heavy atom. The normalized spacial score (nSPS) is 12.6. The average molecular weight is 294 g/mol. The summed E-state index contributed by atoms with van der Waals surface area (Å²) in [4.78, 5) is 0. The van der Waals surface area contributed by atoms with Gasteiger partial charge < -0.3 is 0 Å². The van der Waals surface area contributed by atoms with Crippen molar-refractivity contribution in [3.05, 3.63) is 82.9 Å². The quantitative estimate of drug-likeness (QED) is 0.299. The summed E-state index contributed by atoms with van der Waals surface area (Å²) in [6.45, 7) is 4.47. The Bertz CT molecular complexity index is 1100. The maximum atomic E-state index is 2.42. The van der Waals surface area contributed by atoms with E-state index in [1.807, 2.05) is 0 Å². The van der Waals surface area contributed by atoms with Crippen molar-refractivity contribution in [1.82, 2.24) is 0 Å². The molecule has 0 heterocycles. The van der Waals surface area contributed by atoms with Crippen molar-refractivity contribution in [2.75, 3.05) is 0 Å². The lowest BCUT2D eigenvalue weighted by atomic mass is 9.96. The first kappa shape index (κ1) is 12.9. The highest BCUT2D eigenvalue weighted by Gasteiger charge is 2.21. The highest BCUT2D eigenvalue weighted by Crippen LogP contribution is 2.42. The standard InChI is InChI=1S/C23H18/c1-14-7-10-20-21(15(14)2)12-18-13-22-17(11-23(18)20)9-8-16-5-3-4-6-19(16)22/h3-11,13H,12H2,1-2H3. The fourth-order valence-corrected chi connectivity index (χ4v) is 4.04. The lowest BCUT2D eigenvalue weighted by Crippen LogP contribution is -1.89. The van der Waals surface area contributed by atoms with Crippen LogP contribution in [0.2, 0.25) is 0 Å². The lowest BCUT2D eigenvalue weighted by molar-refractivity contribution is 1.19. The van der Waals surface area contributed by atoms with Crippen molar-refractivity contribution in [1.29, 1.82) is 0 Å². The topological polar surface area (TPSA) is 0 Å². The number of aryl methyl sites for hydroxylation is 1. The van der Waals surface area contributed by atoms with Crippen LogP contribution in [0.25, 0.3) is 32.7 Å². The molecule has 110 valence electrons. The summed E-state index contributed by atoms with van der Waals surface area (Å²) < 4.78 is 0. The van der Waals surface area contributed by atoms with Gasteiger partial charge in [-0.2, -0.15) is 0 Å². The SMILES string of the molecule is Cc1ccc2c(c1C)Cc1cc3c(ccc4ccccc43)cc1-2. The third-order valence-corrected chi connectivity index (χ3v) is 5.50. The maximum absolute atomic E-state index is 2.42. The number of hydrogen-bond donors (Lipinski definition) is 0. The van der Waals surface area contributed by atoms with E-state index in [9.17, 15) is 0 Å². The molecule has 0 nitrogen and oxygen atoms in total. The van der Waals surface area contributed by atoms with Gasteiger partial charge in [0.05, 0.1) is 0 Å². The first-order valence-electron chi connectivity index (χ1n) is 8.26. The first-order chi connectivity index (χ1) is 11.2. The van der Waals surface area contributed by atoms with Crippen molar-refractivity contribution < 1.29 is 0 Å². The highest BCUT2D eigenvalue weighted by molar-refractivity contribution is 6.09. The minimum atomic E-state index is 1.07. The van der Waals surface area contributed by atoms with Gasteiger partial charge in [0.1, 0.15) is 0 Å². The molecule has 0 unspecified atom stereocenters. The van der Waals surface area contributed by atoms with Gasteiger partial charge >= 0.3 is 0 Å². The number of rotatable bonds is 0. The number of hydrogen-bond acceptors (Lipinski definition) is 0. The Morgan fingerprint density at radius 3 is 2.43 bits per heavy atom. The highest BCUT2D eigenvalue weighted by atomic mass is 14.2. The van der Waals surface area contributed by atoms with E-state index in [2.05, 4.69) is 74.5 Å². The number of fused-ring (bicyclic) bond motifs is 6. The molecular weight excluding hydrogens is 276 g/mol. The summed E-state index contributed by atoms with van der Waals surface area (Å²) in [6, 6.07) is 22.5. The van der Waals surface area contributed by atoms with E-state index in [1.165, 1.54) is 54.9 Å². The van der Waals surface area contributed by atoms with Crippen LogP contribution < -0.4 is 0 Å². The van der Waals surface area contributed by atoms with Gasteiger partial charge in [0.15, 0.2) is 0 Å². The molecule has 4 aromatic carbocycles. The molecule has 0 heteroatoms. The molecule has 0 spiro atoms. The van der Waals surface area contributed by atoms with E-state index in [4.69, 9.17) is 0 Å². The molecule has 0 atom stereocenters. The molecule has 0 amide bonds. The zero-order valence-corrected chi connectivity index (χ0v) is 13.5. The number of benzene rings is 4. The molecule has 0 fully saturated rings. The summed E-state index contributed by atoms with van der Waals surface area (Å²) in [7, 11) is 0. The van der Waals surface area contributed by atoms with E-state index in [0.29, 0.717) is 0 Å². The molecule has 5 rings (SSSR count). The molecule has 0 aliphatic heterocycles. The van der Waals surface area contributed by atoms with Gasteiger partial charge in [-0.3, -0.25) is 0 Å². The Kier molecular flexibility index (Phi) is 2.50. The van der Waals surface area contributed by atoms with Gasteiger partial charge in [0, 0.05) is 0 Å². The second-order valence-electron chi connectivity index (χ2n) is 6.73. The fraction of sp³-hybridized carbons (Fsp3) is 0.130. The summed E-state index contributed by atoms with van der Waals surface area (Å²) in [5.41, 5.74) is 8.68. The second-order valence-corrected chi connectivity index (χ2v) is 6.73. The van der Waals surface area contributed by atoms with Gasteiger partial charge in [-0.1, -0.05) is 48.5 Å². The third-order valence-electron chi connectivity index (χ3n) is 5.50. The summed E-state index contributed by atoms with van der Waals surface area (Å²) in [5, 5.41) is 5.40. The molecule has 0 N–H and O–H groups in total. The minimum Gasteiger partial charge on any atom is -0.0616 e. The minimum absolute atomic E-state index is 1.07. The van der Waals surface area contributed by atoms with Crippen LogP contribution >= 0.6 is 0 Å². The summed E-state index contributed by atoms with van der Waals surface area (Å²) in [5.74, 6) is 0. The first-order valence-corrected chi connectivity index (χ1v) is 8.26. The van der Waals surface area contributed by atoms with Crippen molar-refractivity contribution in [2.24, 2.45) is 0 Å². The van der Waals surface area contributed by atoms with E-state index in [0.717, 1.165) is 6.42 Å². The van der Waals surface area contributed by atoms with Gasteiger partial charge in [-0.05, 0) is 87.3 Å². The predicted molar refractivity (Wildman–Crippen MR) is 99.2 cm³/mol. The molecule has 23 heavy (non-hydrogen) atoms. The van der Waals surface area contributed by atoms with Crippen molar-refractivity contribution in [2.45, 2.75) is 20.3 Å². The molecular formula is C23H18. The molecule has 0 aromatic heterocycles. The zero-order chi connectivity index (χ0) is 15.6. The van der Waals surface area contributed by atoms with E-state index < -0.39 is 0 Å². The van der Waals surface area contributed by atoms with Crippen LogP contribution in [0.1, 0.15) is 22.3 Å². The van der Waals surface area contributed by atoms with Crippen LogP contribution in [0.4, 0.5) is 0 Å². The lowest BCUT2D eigenvalue weighted by Gasteiger charge is -2.08. The van der Waals surface area contributed by atoms with Gasteiger partial charge in [0.2, 0.25) is 0 Å². The molecule has 1 aliphatic rings. The van der Waals surface area contributed by atoms with Crippen molar-refractivity contribution in [3.8, 4) is 11.1 Å². The molecule has 1 aliphatic carbocycles. The van der Waals surface area contributed by atoms with Crippen LogP contribution in [0, 0.1) is 13.8 Å². The van der Waals surface area contributed by atoms with Crippen molar-refractivity contribution >= 4 is 21.5 Å². The van der Waals surface area contributed by atoms with E-state index in [-0.39, 0.29) is 0 Å². The fourth-order valence-electron chi connectivity index (χ4n) is 4.04. The van der Waals surface area contributed by atoms with Crippen LogP contribution in [0.5, 0.6) is 0 Å². The van der Waals surface area contributed by atoms with E-state index in [1.54, 1.807) is 0 Å². The molecule has 0 saturated heterocycles. The van der Waals surface area contributed by atoms with Gasteiger partial charge in [0.25, 0.3) is 0 Å². The monoisotopic (exact) mass is 294 g/mol. The maximum Gasteiger partial charge on any atom is -0.00105 e. The van der Waals surface area contributed by atoms with Crippen LogP contribution in [-0.2, 0) is 6.42 Å². The van der Waals surface area contributed by atoms with Crippen LogP contribution in [-0.4, -0.2) is 0 Å². The third kappa shape index (κ3) is 1.72. The van der Waals surface area contributed by atoms with Gasteiger partial charge in [-0.15, -0.1) is 0 Å². The Labute approximate surface area is 136 Å². The van der Waals surface area contributed by atoms with Crippen LogP contribution in [0.3, 0.4) is 0 Å². The smallest absolute Gasteiger partial charge is 0.00105 e. The Morgan fingerprint density at radius 2 is 1.52 bits per heavy atom. The second kappa shape index (κ2) is 4.45. The molecule has 4 aromatic rings. The van der Waals surface area contributed by atoms with Crippen molar-refractivity contribution in [3.63, 3.8) is 0 Å². The Hall–Kier alpha value is -2.60. The van der Waals surface area contributed by atoms with Gasteiger partial charge in [-0.25, -0.2) is 0 Å². The predicted octanol–water partition coefficient (Wildman–Crippen LogP) is 6.18. The molecule has 0 saturated carbocycles. The summed E-state index contributed by atoms with van der Waals surface area (Å²) >= 11 is 0. The van der Waals surface area contributed by atoms with E-state index >= 15 is 0 Å². The Balaban J connectivity index is 1.85. The summed E-state index contributed by atoms with van der Waals surface area (Å²) in [6.07, 6.45) is 1.07. The molecule has 0 radical (unpaired) electrons. The largest absolute Gasteiger partial charge is 0.0616 e. The van der Waals surface area contributed by atoms with Crippen LogP contribution in [0.15, 0.2) is 60.7 Å². The zero-order valence-electron chi connectivity index (χ0n) is 13.5. The molecule has 0 bridgehead atoms. The average Bonchev–Trinajstić information content (AvgIpc) is 2.94.